The lowest BCUT2D eigenvalue weighted by Gasteiger charge is -2.27. The molecule has 0 spiro atoms. The molecule has 8 rings (SSSR count). The summed E-state index contributed by atoms with van der Waals surface area (Å²) in [6, 6.07) is 19.2. The van der Waals surface area contributed by atoms with Gasteiger partial charge in [0.15, 0.2) is 0 Å². The summed E-state index contributed by atoms with van der Waals surface area (Å²) in [5.74, 6) is 0.0698. The number of phenols is 2. The summed E-state index contributed by atoms with van der Waals surface area (Å²) < 4.78 is 0. The molecule has 40 heavy (non-hydrogen) atoms. The summed E-state index contributed by atoms with van der Waals surface area (Å²) in [5, 5.41) is 33.8. The molecule has 8 heteroatoms. The van der Waals surface area contributed by atoms with Crippen molar-refractivity contribution in [3.8, 4) is 22.6 Å². The SMILES string of the molecule is O=C1N[C@@H](c2cc3ccccc3c(-c3c(O)c([C@@H]4NC(=O)[C@@H]5CCCN54)cc4ccccc34)c2O)N2CCC[C@@H]12. The number of nitrogens with one attached hydrogen (secondary N) is 2. The van der Waals surface area contributed by atoms with Gasteiger partial charge in [-0.3, -0.25) is 19.4 Å². The average Bonchev–Trinajstić information content (AvgIpc) is 3.74. The summed E-state index contributed by atoms with van der Waals surface area (Å²) in [4.78, 5) is 29.8. The average molecular weight is 535 g/mol. The molecule has 0 bridgehead atoms. The molecule has 4 atom stereocenters. The number of fused-ring (bicyclic) bond motifs is 4. The quantitative estimate of drug-likeness (QED) is 0.313. The highest BCUT2D eigenvalue weighted by Crippen LogP contribution is 2.51. The molecular weight excluding hydrogens is 504 g/mol. The van der Waals surface area contributed by atoms with Gasteiger partial charge in [-0.15, -0.1) is 0 Å². The van der Waals surface area contributed by atoms with E-state index in [2.05, 4.69) is 20.4 Å². The van der Waals surface area contributed by atoms with Gasteiger partial charge in [-0.05, 0) is 59.4 Å². The van der Waals surface area contributed by atoms with Crippen molar-refractivity contribution in [2.45, 2.75) is 50.1 Å². The molecule has 0 aliphatic carbocycles. The Hall–Kier alpha value is -4.14. The Kier molecular flexibility index (Phi) is 5.15. The molecule has 4 fully saturated rings. The molecule has 202 valence electrons. The molecule has 4 N–H and O–H groups in total. The maximum Gasteiger partial charge on any atom is 0.238 e. The molecule has 0 saturated carbocycles. The third kappa shape index (κ3) is 3.26. The van der Waals surface area contributed by atoms with Crippen molar-refractivity contribution in [2.75, 3.05) is 13.1 Å². The second-order valence-corrected chi connectivity index (χ2v) is 11.4. The Balaban J connectivity index is 1.40. The largest absolute Gasteiger partial charge is 0.507 e. The summed E-state index contributed by atoms with van der Waals surface area (Å²) >= 11 is 0. The van der Waals surface area contributed by atoms with Gasteiger partial charge >= 0.3 is 0 Å². The van der Waals surface area contributed by atoms with E-state index in [0.717, 1.165) is 60.3 Å². The van der Waals surface area contributed by atoms with Crippen molar-refractivity contribution in [1.29, 1.82) is 0 Å². The summed E-state index contributed by atoms with van der Waals surface area (Å²) in [6.07, 6.45) is 2.60. The number of amides is 2. The van der Waals surface area contributed by atoms with Crippen LogP contribution in [-0.2, 0) is 9.59 Å². The molecule has 4 aliphatic rings. The zero-order chi connectivity index (χ0) is 27.1. The summed E-state index contributed by atoms with van der Waals surface area (Å²) in [5.41, 5.74) is 2.30. The van der Waals surface area contributed by atoms with E-state index in [4.69, 9.17) is 0 Å². The Morgan fingerprint density at radius 1 is 0.650 bits per heavy atom. The number of aromatic hydroxyl groups is 2. The number of phenolic OH excluding ortho intramolecular Hbond substituents is 2. The van der Waals surface area contributed by atoms with Crippen LogP contribution in [0.1, 0.15) is 49.1 Å². The third-order valence-corrected chi connectivity index (χ3v) is 9.36. The first kappa shape index (κ1) is 23.7. The number of hydrogen-bond acceptors (Lipinski definition) is 6. The van der Waals surface area contributed by atoms with Crippen LogP contribution in [0.3, 0.4) is 0 Å². The zero-order valence-corrected chi connectivity index (χ0v) is 21.9. The van der Waals surface area contributed by atoms with Crippen LogP contribution in [0.5, 0.6) is 11.5 Å². The number of hydrogen-bond donors (Lipinski definition) is 4. The fourth-order valence-electron chi connectivity index (χ4n) is 7.54. The van der Waals surface area contributed by atoms with Crippen LogP contribution in [0.15, 0.2) is 60.7 Å². The van der Waals surface area contributed by atoms with Gasteiger partial charge in [-0.25, -0.2) is 0 Å². The second-order valence-electron chi connectivity index (χ2n) is 11.4. The molecular formula is C32H30N4O4. The number of carbonyl (C=O) groups is 2. The topological polar surface area (TPSA) is 105 Å². The number of rotatable bonds is 3. The van der Waals surface area contributed by atoms with Crippen LogP contribution >= 0.6 is 0 Å². The first-order valence-electron chi connectivity index (χ1n) is 14.1. The Bertz CT molecular complexity index is 1610. The van der Waals surface area contributed by atoms with Crippen LogP contribution in [0.25, 0.3) is 32.7 Å². The van der Waals surface area contributed by atoms with E-state index in [1.54, 1.807) is 0 Å². The lowest BCUT2D eigenvalue weighted by atomic mass is 9.87. The predicted octanol–water partition coefficient (Wildman–Crippen LogP) is 4.26. The molecule has 2 amide bonds. The van der Waals surface area contributed by atoms with E-state index in [1.807, 2.05) is 60.7 Å². The van der Waals surface area contributed by atoms with Crippen molar-refractivity contribution in [1.82, 2.24) is 20.4 Å². The smallest absolute Gasteiger partial charge is 0.238 e. The highest BCUT2D eigenvalue weighted by atomic mass is 16.3. The van der Waals surface area contributed by atoms with E-state index < -0.39 is 12.3 Å². The fraction of sp³-hybridized carbons (Fsp3) is 0.312. The van der Waals surface area contributed by atoms with Gasteiger partial charge in [-0.1, -0.05) is 48.5 Å². The van der Waals surface area contributed by atoms with Gasteiger partial charge in [0.25, 0.3) is 0 Å². The van der Waals surface area contributed by atoms with Crippen LogP contribution in [-0.4, -0.2) is 57.0 Å². The molecule has 4 heterocycles. The van der Waals surface area contributed by atoms with Crippen LogP contribution in [0.2, 0.25) is 0 Å². The molecule has 4 saturated heterocycles. The van der Waals surface area contributed by atoms with E-state index in [-0.39, 0.29) is 35.4 Å². The van der Waals surface area contributed by atoms with Crippen LogP contribution in [0.4, 0.5) is 0 Å². The third-order valence-electron chi connectivity index (χ3n) is 9.36. The minimum absolute atomic E-state index is 0.0101. The molecule has 0 unspecified atom stereocenters. The van der Waals surface area contributed by atoms with Gasteiger partial charge in [0.2, 0.25) is 11.8 Å². The highest BCUT2D eigenvalue weighted by Gasteiger charge is 2.46. The van der Waals surface area contributed by atoms with Gasteiger partial charge in [0.05, 0.1) is 12.1 Å². The number of carbonyl (C=O) groups excluding carboxylic acids is 2. The maximum absolute atomic E-state index is 12.8. The molecule has 4 aromatic carbocycles. The minimum Gasteiger partial charge on any atom is -0.507 e. The van der Waals surface area contributed by atoms with E-state index >= 15 is 0 Å². The molecule has 0 radical (unpaired) electrons. The van der Waals surface area contributed by atoms with Crippen molar-refractivity contribution >= 4 is 33.4 Å². The zero-order valence-electron chi connectivity index (χ0n) is 21.9. The first-order chi connectivity index (χ1) is 19.5. The van der Waals surface area contributed by atoms with E-state index in [1.165, 1.54) is 0 Å². The number of nitrogens with zero attached hydrogens (tertiary/aromatic N) is 2. The van der Waals surface area contributed by atoms with Crippen molar-refractivity contribution in [3.63, 3.8) is 0 Å². The maximum atomic E-state index is 12.8. The molecule has 8 nitrogen and oxygen atoms in total. The van der Waals surface area contributed by atoms with Gasteiger partial charge in [0, 0.05) is 35.3 Å². The van der Waals surface area contributed by atoms with Crippen LogP contribution in [0, 0.1) is 0 Å². The monoisotopic (exact) mass is 534 g/mol. The van der Waals surface area contributed by atoms with Crippen LogP contribution < -0.4 is 10.6 Å². The van der Waals surface area contributed by atoms with Gasteiger partial charge < -0.3 is 20.8 Å². The Morgan fingerprint density at radius 3 is 1.52 bits per heavy atom. The van der Waals surface area contributed by atoms with Gasteiger partial charge in [-0.2, -0.15) is 0 Å². The lowest BCUT2D eigenvalue weighted by Crippen LogP contribution is -2.28. The fourth-order valence-corrected chi connectivity index (χ4v) is 7.54. The summed E-state index contributed by atoms with van der Waals surface area (Å²) in [6.45, 7) is 1.55. The predicted molar refractivity (Wildman–Crippen MR) is 151 cm³/mol. The Morgan fingerprint density at radius 2 is 1.07 bits per heavy atom. The highest BCUT2D eigenvalue weighted by molar-refractivity contribution is 6.11. The molecule has 4 aromatic rings. The number of benzene rings is 4. The van der Waals surface area contributed by atoms with E-state index in [9.17, 15) is 19.8 Å². The standard InChI is InChI=1S/C32H30N4O4/c37-27-21(29-33-31(39)23-11-5-13-35(23)29)15-17-7-1-3-9-19(17)25(27)26-20-10-4-2-8-18(20)16-22(28(26)38)30-34-32(40)24-12-6-14-36(24)30/h1-4,7-10,15-16,23-24,29-30,37-38H,5-6,11-14H2,(H,33,39)(H,34,40)/t23-,24-,29+,30+/m0/s1. The minimum atomic E-state index is -0.445. The second kappa shape index (κ2) is 8.68. The van der Waals surface area contributed by atoms with Crippen molar-refractivity contribution < 1.29 is 19.8 Å². The van der Waals surface area contributed by atoms with Gasteiger partial charge in [0.1, 0.15) is 23.8 Å². The normalized spacial score (nSPS) is 26.4. The van der Waals surface area contributed by atoms with Crippen molar-refractivity contribution in [2.24, 2.45) is 0 Å². The Labute approximate surface area is 231 Å². The van der Waals surface area contributed by atoms with Crippen molar-refractivity contribution in [3.05, 3.63) is 71.8 Å². The summed E-state index contributed by atoms with van der Waals surface area (Å²) in [7, 11) is 0. The van der Waals surface area contributed by atoms with E-state index in [0.29, 0.717) is 22.3 Å². The lowest BCUT2D eigenvalue weighted by molar-refractivity contribution is -0.121. The first-order valence-corrected chi connectivity index (χ1v) is 14.1. The molecule has 0 aromatic heterocycles. The molecule has 4 aliphatic heterocycles.